The molecule has 6 heteroatoms. The quantitative estimate of drug-likeness (QED) is 0.749. The predicted octanol–water partition coefficient (Wildman–Crippen LogP) is 5.13. The van der Waals surface area contributed by atoms with E-state index in [1.54, 1.807) is 43.5 Å². The Hall–Kier alpha value is -1.04. The molecule has 0 aliphatic rings. The largest absolute Gasteiger partial charge is 0.497 e. The molecule has 0 atom stereocenters. The number of ether oxygens (including phenoxy) is 1. The van der Waals surface area contributed by atoms with Crippen molar-refractivity contribution in [2.45, 2.75) is 0 Å². The van der Waals surface area contributed by atoms with Crippen molar-refractivity contribution in [3.8, 4) is 5.75 Å². The van der Waals surface area contributed by atoms with Gasteiger partial charge in [-0.05, 0) is 68.3 Å². The van der Waals surface area contributed by atoms with Crippen molar-refractivity contribution in [3.63, 3.8) is 0 Å². The molecular formula is C14H10Br2ClNO2. The summed E-state index contributed by atoms with van der Waals surface area (Å²) in [7, 11) is 1.56. The van der Waals surface area contributed by atoms with Gasteiger partial charge in [0.15, 0.2) is 0 Å². The SMILES string of the molecule is COc1ccc(Br)c(C(=O)Nc2ccc(Cl)c(Br)c2)c1. The molecule has 104 valence electrons. The van der Waals surface area contributed by atoms with E-state index in [1.165, 1.54) is 0 Å². The van der Waals surface area contributed by atoms with Crippen LogP contribution in [0, 0.1) is 0 Å². The maximum Gasteiger partial charge on any atom is 0.256 e. The summed E-state index contributed by atoms with van der Waals surface area (Å²) in [6, 6.07) is 10.4. The number of carbonyl (C=O) groups excluding carboxylic acids is 1. The smallest absolute Gasteiger partial charge is 0.256 e. The van der Waals surface area contributed by atoms with Crippen LogP contribution in [-0.4, -0.2) is 13.0 Å². The van der Waals surface area contributed by atoms with Crippen LogP contribution in [0.25, 0.3) is 0 Å². The fourth-order valence-corrected chi connectivity index (χ4v) is 2.50. The fraction of sp³-hybridized carbons (Fsp3) is 0.0714. The molecule has 0 aliphatic heterocycles. The van der Waals surface area contributed by atoms with Crippen molar-refractivity contribution in [1.82, 2.24) is 0 Å². The first-order chi connectivity index (χ1) is 9.51. The first-order valence-electron chi connectivity index (χ1n) is 5.61. The van der Waals surface area contributed by atoms with Crippen LogP contribution in [-0.2, 0) is 0 Å². The number of hydrogen-bond acceptors (Lipinski definition) is 2. The van der Waals surface area contributed by atoms with E-state index in [2.05, 4.69) is 37.2 Å². The molecule has 0 aliphatic carbocycles. The Morgan fingerprint density at radius 3 is 2.55 bits per heavy atom. The zero-order valence-corrected chi connectivity index (χ0v) is 14.3. The van der Waals surface area contributed by atoms with Crippen molar-refractivity contribution in [2.75, 3.05) is 12.4 Å². The van der Waals surface area contributed by atoms with E-state index in [0.717, 1.165) is 4.47 Å². The Kier molecular flexibility index (Phi) is 5.07. The van der Waals surface area contributed by atoms with Gasteiger partial charge in [-0.15, -0.1) is 0 Å². The Bertz CT molecular complexity index is 662. The molecule has 0 fully saturated rings. The van der Waals surface area contributed by atoms with Crippen LogP contribution >= 0.6 is 43.5 Å². The number of nitrogens with one attached hydrogen (secondary N) is 1. The van der Waals surface area contributed by atoms with Crippen molar-refractivity contribution >= 4 is 55.1 Å². The van der Waals surface area contributed by atoms with Crippen LogP contribution in [0.3, 0.4) is 0 Å². The van der Waals surface area contributed by atoms with E-state index in [-0.39, 0.29) is 5.91 Å². The number of carbonyl (C=O) groups is 1. The van der Waals surface area contributed by atoms with Gasteiger partial charge in [-0.3, -0.25) is 4.79 Å². The summed E-state index contributed by atoms with van der Waals surface area (Å²) in [5, 5.41) is 3.39. The van der Waals surface area contributed by atoms with E-state index in [1.807, 2.05) is 0 Å². The van der Waals surface area contributed by atoms with Gasteiger partial charge in [0.1, 0.15) is 5.75 Å². The molecule has 1 N–H and O–H groups in total. The number of benzene rings is 2. The normalized spacial score (nSPS) is 10.2. The molecule has 0 saturated carbocycles. The molecule has 1 amide bonds. The Labute approximate surface area is 138 Å². The molecule has 0 bridgehead atoms. The number of halogens is 3. The number of amides is 1. The lowest BCUT2D eigenvalue weighted by molar-refractivity contribution is 0.102. The molecule has 0 spiro atoms. The Balaban J connectivity index is 2.25. The summed E-state index contributed by atoms with van der Waals surface area (Å²) in [5.74, 6) is 0.389. The minimum Gasteiger partial charge on any atom is -0.497 e. The van der Waals surface area contributed by atoms with E-state index in [4.69, 9.17) is 16.3 Å². The third-order valence-electron chi connectivity index (χ3n) is 2.60. The lowest BCUT2D eigenvalue weighted by atomic mass is 10.2. The minimum absolute atomic E-state index is 0.231. The van der Waals surface area contributed by atoms with Gasteiger partial charge < -0.3 is 10.1 Å². The number of rotatable bonds is 3. The molecule has 2 aromatic carbocycles. The Morgan fingerprint density at radius 1 is 1.15 bits per heavy atom. The van der Waals surface area contributed by atoms with Crippen LogP contribution in [0.15, 0.2) is 45.3 Å². The topological polar surface area (TPSA) is 38.3 Å². The molecule has 2 aromatic rings. The summed E-state index contributed by atoms with van der Waals surface area (Å²) in [5.41, 5.74) is 1.15. The van der Waals surface area contributed by atoms with E-state index in [0.29, 0.717) is 26.5 Å². The van der Waals surface area contributed by atoms with Gasteiger partial charge in [-0.1, -0.05) is 11.6 Å². The van der Waals surface area contributed by atoms with Crippen LogP contribution in [0.1, 0.15) is 10.4 Å². The van der Waals surface area contributed by atoms with Gasteiger partial charge >= 0.3 is 0 Å². The summed E-state index contributed by atoms with van der Waals surface area (Å²) >= 11 is 12.6. The molecule has 0 saturated heterocycles. The summed E-state index contributed by atoms with van der Waals surface area (Å²) < 4.78 is 6.54. The second kappa shape index (κ2) is 6.61. The summed E-state index contributed by atoms with van der Waals surface area (Å²) in [6.45, 7) is 0. The lowest BCUT2D eigenvalue weighted by Crippen LogP contribution is -2.12. The molecule has 3 nitrogen and oxygen atoms in total. The van der Waals surface area contributed by atoms with Crippen molar-refractivity contribution in [2.24, 2.45) is 0 Å². The fourth-order valence-electron chi connectivity index (χ4n) is 1.58. The summed E-state index contributed by atoms with van der Waals surface area (Å²) in [4.78, 5) is 12.3. The second-order valence-corrected chi connectivity index (χ2v) is 6.04. The maximum absolute atomic E-state index is 12.3. The van der Waals surface area contributed by atoms with Gasteiger partial charge in [0.2, 0.25) is 0 Å². The number of methoxy groups -OCH3 is 1. The van der Waals surface area contributed by atoms with Gasteiger partial charge in [0, 0.05) is 14.6 Å². The van der Waals surface area contributed by atoms with Gasteiger partial charge in [0.25, 0.3) is 5.91 Å². The van der Waals surface area contributed by atoms with E-state index in [9.17, 15) is 4.79 Å². The minimum atomic E-state index is -0.231. The lowest BCUT2D eigenvalue weighted by Gasteiger charge is -2.09. The highest BCUT2D eigenvalue weighted by atomic mass is 79.9. The zero-order valence-electron chi connectivity index (χ0n) is 10.4. The van der Waals surface area contributed by atoms with Gasteiger partial charge in [0.05, 0.1) is 17.7 Å². The monoisotopic (exact) mass is 417 g/mol. The molecule has 0 radical (unpaired) electrons. The van der Waals surface area contributed by atoms with Crippen LogP contribution in [0.5, 0.6) is 5.75 Å². The number of anilines is 1. The zero-order chi connectivity index (χ0) is 14.7. The standard InChI is InChI=1S/C14H10Br2ClNO2/c1-20-9-3-4-11(15)10(7-9)14(19)18-8-2-5-13(17)12(16)6-8/h2-7H,1H3,(H,18,19). The van der Waals surface area contributed by atoms with Crippen molar-refractivity contribution in [3.05, 3.63) is 55.9 Å². The second-order valence-electron chi connectivity index (χ2n) is 3.93. The Morgan fingerprint density at radius 2 is 1.90 bits per heavy atom. The first-order valence-corrected chi connectivity index (χ1v) is 7.57. The summed E-state index contributed by atoms with van der Waals surface area (Å²) in [6.07, 6.45) is 0. The average Bonchev–Trinajstić information content (AvgIpc) is 2.43. The highest BCUT2D eigenvalue weighted by Crippen LogP contribution is 2.27. The van der Waals surface area contributed by atoms with Crippen LogP contribution in [0.2, 0.25) is 5.02 Å². The molecule has 0 aromatic heterocycles. The highest BCUT2D eigenvalue weighted by Gasteiger charge is 2.12. The van der Waals surface area contributed by atoms with Crippen molar-refractivity contribution in [1.29, 1.82) is 0 Å². The molecule has 20 heavy (non-hydrogen) atoms. The predicted molar refractivity (Wildman–Crippen MR) is 87.8 cm³/mol. The average molecular weight is 420 g/mol. The van der Waals surface area contributed by atoms with Crippen LogP contribution < -0.4 is 10.1 Å². The first kappa shape index (κ1) is 15.4. The third-order valence-corrected chi connectivity index (χ3v) is 4.50. The third kappa shape index (κ3) is 3.53. The van der Waals surface area contributed by atoms with Gasteiger partial charge in [-0.25, -0.2) is 0 Å². The highest BCUT2D eigenvalue weighted by molar-refractivity contribution is 9.10. The van der Waals surface area contributed by atoms with E-state index >= 15 is 0 Å². The maximum atomic E-state index is 12.3. The van der Waals surface area contributed by atoms with E-state index < -0.39 is 0 Å². The molecule has 0 unspecified atom stereocenters. The molecule has 2 rings (SSSR count). The van der Waals surface area contributed by atoms with Crippen molar-refractivity contribution < 1.29 is 9.53 Å². The molecule has 0 heterocycles. The van der Waals surface area contributed by atoms with Crippen LogP contribution in [0.4, 0.5) is 5.69 Å². The van der Waals surface area contributed by atoms with Gasteiger partial charge in [-0.2, -0.15) is 0 Å². The number of hydrogen-bond donors (Lipinski definition) is 1. The molecular weight excluding hydrogens is 409 g/mol.